The molecule has 20 heavy (non-hydrogen) atoms. The molecule has 0 aliphatic carbocycles. The predicted molar refractivity (Wildman–Crippen MR) is 78.1 cm³/mol. The fourth-order valence-corrected chi connectivity index (χ4v) is 3.15. The number of nitrogens with zero attached hydrogens (tertiary/aromatic N) is 2. The molecule has 0 radical (unpaired) electrons. The topological polar surface area (TPSA) is 66.1 Å². The van der Waals surface area contributed by atoms with E-state index in [0.29, 0.717) is 11.7 Å². The van der Waals surface area contributed by atoms with Gasteiger partial charge in [-0.3, -0.25) is 0 Å². The van der Waals surface area contributed by atoms with Crippen molar-refractivity contribution in [1.82, 2.24) is 14.3 Å². The zero-order chi connectivity index (χ0) is 14.6. The summed E-state index contributed by atoms with van der Waals surface area (Å²) in [6.45, 7) is 0.207. The van der Waals surface area contributed by atoms with Crippen LogP contribution in [0.5, 0.6) is 0 Å². The maximum atomic E-state index is 12.4. The Morgan fingerprint density at radius 3 is 2.55 bits per heavy atom. The number of aromatic nitrogens is 2. The van der Waals surface area contributed by atoms with E-state index in [-0.39, 0.29) is 11.4 Å². The Hall–Kier alpha value is -1.37. The number of halogens is 1. The molecule has 0 unspecified atom stereocenters. The number of sulfonamides is 1. The van der Waals surface area contributed by atoms with Crippen LogP contribution in [0.25, 0.3) is 0 Å². The molecule has 108 valence electrons. The number of H-pyrrole nitrogens is 1. The number of aromatic amines is 1. The van der Waals surface area contributed by atoms with Crippen LogP contribution in [0.3, 0.4) is 0 Å². The molecule has 1 aromatic heterocycles. The summed E-state index contributed by atoms with van der Waals surface area (Å²) in [4.78, 5) is 7.18. The van der Waals surface area contributed by atoms with Crippen LogP contribution in [0.4, 0.5) is 0 Å². The molecular weight excluding hydrogens is 298 g/mol. The minimum absolute atomic E-state index is 0.207. The molecule has 5 nitrogen and oxygen atoms in total. The molecular formula is C13H16ClN3O2S. The first-order valence-corrected chi connectivity index (χ1v) is 8.11. The van der Waals surface area contributed by atoms with Crippen LogP contribution in [0.15, 0.2) is 41.6 Å². The Balaban J connectivity index is 2.16. The molecule has 0 saturated heterocycles. The molecule has 0 aliphatic heterocycles. The fourth-order valence-electron chi connectivity index (χ4n) is 1.80. The number of aryl methyl sites for hydroxylation is 1. The van der Waals surface area contributed by atoms with E-state index in [1.54, 1.807) is 36.7 Å². The van der Waals surface area contributed by atoms with Gasteiger partial charge in [-0.15, -0.1) is 11.6 Å². The molecule has 0 amide bonds. The van der Waals surface area contributed by atoms with Crippen molar-refractivity contribution in [3.63, 3.8) is 0 Å². The Bertz CT molecular complexity index is 639. The molecule has 2 rings (SSSR count). The van der Waals surface area contributed by atoms with Crippen LogP contribution in [-0.2, 0) is 23.0 Å². The molecule has 0 atom stereocenters. The van der Waals surface area contributed by atoms with Gasteiger partial charge in [-0.1, -0.05) is 12.1 Å². The van der Waals surface area contributed by atoms with Crippen molar-refractivity contribution in [3.05, 3.63) is 48.0 Å². The highest BCUT2D eigenvalue weighted by molar-refractivity contribution is 7.89. The van der Waals surface area contributed by atoms with Gasteiger partial charge in [-0.25, -0.2) is 13.4 Å². The highest BCUT2D eigenvalue weighted by Crippen LogP contribution is 2.17. The highest BCUT2D eigenvalue weighted by Gasteiger charge is 2.21. The van der Waals surface area contributed by atoms with Gasteiger partial charge < -0.3 is 4.98 Å². The van der Waals surface area contributed by atoms with Crippen molar-refractivity contribution in [2.75, 3.05) is 12.9 Å². The SMILES string of the molecule is CN(Cc1ncc[nH]1)S(=O)(=O)c1ccc(CCCl)cc1. The van der Waals surface area contributed by atoms with Gasteiger partial charge in [-0.2, -0.15) is 4.31 Å². The average Bonchev–Trinajstić information content (AvgIpc) is 2.92. The van der Waals surface area contributed by atoms with E-state index in [1.807, 2.05) is 0 Å². The first kappa shape index (κ1) is 15.0. The average molecular weight is 314 g/mol. The predicted octanol–water partition coefficient (Wildman–Crippen LogP) is 2.01. The number of nitrogens with one attached hydrogen (secondary N) is 1. The van der Waals surface area contributed by atoms with Crippen LogP contribution in [0.1, 0.15) is 11.4 Å². The van der Waals surface area contributed by atoms with E-state index >= 15 is 0 Å². The van der Waals surface area contributed by atoms with Crippen molar-refractivity contribution in [1.29, 1.82) is 0 Å². The largest absolute Gasteiger partial charge is 0.347 e. The number of alkyl halides is 1. The second-order valence-corrected chi connectivity index (χ2v) is 6.80. The van der Waals surface area contributed by atoms with Gasteiger partial charge in [0.1, 0.15) is 5.82 Å². The Labute approximate surface area is 123 Å². The third-order valence-corrected chi connectivity index (χ3v) is 4.95. The highest BCUT2D eigenvalue weighted by atomic mass is 35.5. The zero-order valence-electron chi connectivity index (χ0n) is 11.1. The van der Waals surface area contributed by atoms with Crippen molar-refractivity contribution in [3.8, 4) is 0 Å². The lowest BCUT2D eigenvalue weighted by atomic mass is 10.2. The molecule has 0 bridgehead atoms. The number of rotatable bonds is 6. The molecule has 0 aliphatic rings. The van der Waals surface area contributed by atoms with Crippen molar-refractivity contribution in [2.45, 2.75) is 17.9 Å². The van der Waals surface area contributed by atoms with Crippen LogP contribution in [0.2, 0.25) is 0 Å². The molecule has 7 heteroatoms. The summed E-state index contributed by atoms with van der Waals surface area (Å²) in [5, 5.41) is 0. The molecule has 1 aromatic carbocycles. The summed E-state index contributed by atoms with van der Waals surface area (Å²) in [5.41, 5.74) is 1.02. The summed E-state index contributed by atoms with van der Waals surface area (Å²) >= 11 is 5.66. The minimum Gasteiger partial charge on any atom is -0.347 e. The molecule has 0 saturated carbocycles. The van der Waals surface area contributed by atoms with E-state index in [4.69, 9.17) is 11.6 Å². The maximum absolute atomic E-state index is 12.4. The van der Waals surface area contributed by atoms with E-state index in [2.05, 4.69) is 9.97 Å². The van der Waals surface area contributed by atoms with Gasteiger partial charge in [0.15, 0.2) is 0 Å². The zero-order valence-corrected chi connectivity index (χ0v) is 12.7. The lowest BCUT2D eigenvalue weighted by Crippen LogP contribution is -2.27. The van der Waals surface area contributed by atoms with Gasteiger partial charge in [0, 0.05) is 25.3 Å². The number of hydrogen-bond acceptors (Lipinski definition) is 3. The van der Waals surface area contributed by atoms with Crippen LogP contribution >= 0.6 is 11.6 Å². The van der Waals surface area contributed by atoms with Gasteiger partial charge in [-0.05, 0) is 24.1 Å². The Kier molecular flexibility index (Phi) is 4.80. The van der Waals surface area contributed by atoms with Crippen molar-refractivity contribution < 1.29 is 8.42 Å². The van der Waals surface area contributed by atoms with Gasteiger partial charge in [0.2, 0.25) is 10.0 Å². The Morgan fingerprint density at radius 2 is 2.00 bits per heavy atom. The van der Waals surface area contributed by atoms with Crippen molar-refractivity contribution in [2.24, 2.45) is 0 Å². The van der Waals surface area contributed by atoms with Crippen LogP contribution in [0, 0.1) is 0 Å². The van der Waals surface area contributed by atoms with Crippen molar-refractivity contribution >= 4 is 21.6 Å². The smallest absolute Gasteiger partial charge is 0.243 e. The van der Waals surface area contributed by atoms with E-state index in [9.17, 15) is 8.42 Å². The summed E-state index contributed by atoms with van der Waals surface area (Å²) < 4.78 is 26.0. The monoisotopic (exact) mass is 313 g/mol. The first-order chi connectivity index (χ1) is 9.54. The quantitative estimate of drug-likeness (QED) is 0.830. The van der Waals surface area contributed by atoms with Crippen LogP contribution in [-0.4, -0.2) is 35.6 Å². The van der Waals surface area contributed by atoms with Crippen LogP contribution < -0.4 is 0 Å². The fraction of sp³-hybridized carbons (Fsp3) is 0.308. The maximum Gasteiger partial charge on any atom is 0.243 e. The standard InChI is InChI=1S/C13H16ClN3O2S/c1-17(10-13-15-8-9-16-13)20(18,19)12-4-2-11(3-5-12)6-7-14/h2-5,8-9H,6-7,10H2,1H3,(H,15,16). The second-order valence-electron chi connectivity index (χ2n) is 4.38. The second kappa shape index (κ2) is 6.39. The number of hydrogen-bond donors (Lipinski definition) is 1. The molecule has 1 N–H and O–H groups in total. The lowest BCUT2D eigenvalue weighted by Gasteiger charge is -2.16. The molecule has 0 fully saturated rings. The minimum atomic E-state index is -3.51. The summed E-state index contributed by atoms with van der Waals surface area (Å²) in [5.74, 6) is 1.12. The number of benzene rings is 1. The third kappa shape index (κ3) is 3.39. The lowest BCUT2D eigenvalue weighted by molar-refractivity contribution is 0.458. The summed E-state index contributed by atoms with van der Waals surface area (Å²) in [7, 11) is -1.97. The molecule has 1 heterocycles. The van der Waals surface area contributed by atoms with E-state index in [1.165, 1.54) is 11.4 Å². The normalized spacial score (nSPS) is 11.9. The Morgan fingerprint density at radius 1 is 1.30 bits per heavy atom. The molecule has 2 aromatic rings. The molecule has 0 spiro atoms. The van der Waals surface area contributed by atoms with E-state index < -0.39 is 10.0 Å². The van der Waals surface area contributed by atoms with Gasteiger partial charge in [0.05, 0.1) is 11.4 Å². The van der Waals surface area contributed by atoms with Gasteiger partial charge >= 0.3 is 0 Å². The first-order valence-electron chi connectivity index (χ1n) is 6.13. The van der Waals surface area contributed by atoms with Gasteiger partial charge in [0.25, 0.3) is 0 Å². The van der Waals surface area contributed by atoms with E-state index in [0.717, 1.165) is 12.0 Å². The summed E-state index contributed by atoms with van der Waals surface area (Å²) in [6.07, 6.45) is 3.98. The summed E-state index contributed by atoms with van der Waals surface area (Å²) in [6, 6.07) is 6.79. The number of imidazole rings is 1. The third-order valence-electron chi connectivity index (χ3n) is 2.94.